The number of aromatic nitrogens is 1. The first-order chi connectivity index (χ1) is 12.7. The van der Waals surface area contributed by atoms with Crippen LogP contribution in [0.1, 0.15) is 27.2 Å². The largest absolute Gasteiger partial charge is 0.293 e. The summed E-state index contributed by atoms with van der Waals surface area (Å²) < 4.78 is 2.50. The van der Waals surface area contributed by atoms with Crippen molar-refractivity contribution in [3.05, 3.63) is 98.8 Å². The van der Waals surface area contributed by atoms with Crippen molar-refractivity contribution < 1.29 is 4.79 Å². The molecule has 2 aliphatic rings. The van der Waals surface area contributed by atoms with E-state index in [9.17, 15) is 9.59 Å². The number of carbonyl (C=O) groups excluding carboxylic acids is 1. The van der Waals surface area contributed by atoms with Crippen molar-refractivity contribution in [2.75, 3.05) is 0 Å². The number of Topliss-reactive ketones (excluding diaryl/α,β-unsaturated/α-hetero) is 1. The van der Waals surface area contributed by atoms with Gasteiger partial charge in [-0.3, -0.25) is 14.2 Å². The van der Waals surface area contributed by atoms with E-state index in [1.54, 1.807) is 4.57 Å². The summed E-state index contributed by atoms with van der Waals surface area (Å²) in [7, 11) is 0. The van der Waals surface area contributed by atoms with Crippen LogP contribution in [0.15, 0.2) is 70.8 Å². The standard InChI is InChI=1S/C22H13NO2S/c24-20-15-6-2-1-5-14(15)12-22(20)16-7-3-4-8-17(16)23-18(22)11-13-9-10-26-19(13)21(23)25/h1-11H,12H2. The first-order valence-electron chi connectivity index (χ1n) is 8.58. The number of benzene rings is 2. The number of fused-ring (bicyclic) bond motifs is 7. The Morgan fingerprint density at radius 2 is 1.77 bits per heavy atom. The molecule has 3 heterocycles. The molecule has 1 aliphatic carbocycles. The fourth-order valence-corrected chi connectivity index (χ4v) is 5.47. The van der Waals surface area contributed by atoms with E-state index in [1.807, 2.05) is 66.0 Å². The van der Waals surface area contributed by atoms with Crippen molar-refractivity contribution in [3.63, 3.8) is 0 Å². The van der Waals surface area contributed by atoms with Crippen LogP contribution in [0.5, 0.6) is 0 Å². The maximum absolute atomic E-state index is 13.6. The number of rotatable bonds is 0. The predicted molar refractivity (Wildman–Crippen MR) is 103 cm³/mol. The van der Waals surface area contributed by atoms with Crippen LogP contribution in [-0.4, -0.2) is 10.4 Å². The first-order valence-corrected chi connectivity index (χ1v) is 9.46. The van der Waals surface area contributed by atoms with E-state index >= 15 is 0 Å². The second-order valence-corrected chi connectivity index (χ2v) is 7.88. The summed E-state index contributed by atoms with van der Waals surface area (Å²) >= 11 is 1.46. The zero-order valence-corrected chi connectivity index (χ0v) is 14.5. The highest BCUT2D eigenvalue weighted by atomic mass is 32.1. The molecule has 0 radical (unpaired) electrons. The van der Waals surface area contributed by atoms with Gasteiger partial charge in [-0.2, -0.15) is 0 Å². The molecule has 1 aliphatic heterocycles. The van der Waals surface area contributed by atoms with Gasteiger partial charge in [0.15, 0.2) is 5.78 Å². The third-order valence-electron chi connectivity index (χ3n) is 5.77. The molecule has 1 spiro atoms. The minimum absolute atomic E-state index is 0.0272. The lowest BCUT2D eigenvalue weighted by atomic mass is 9.75. The summed E-state index contributed by atoms with van der Waals surface area (Å²) in [5.74, 6) is 0.0979. The van der Waals surface area contributed by atoms with Gasteiger partial charge in [0, 0.05) is 11.3 Å². The summed E-state index contributed by atoms with van der Waals surface area (Å²) in [5, 5.41) is 2.85. The van der Waals surface area contributed by atoms with E-state index in [0.29, 0.717) is 6.42 Å². The Morgan fingerprint density at radius 3 is 2.65 bits per heavy atom. The number of nitrogens with zero attached hydrogens (tertiary/aromatic N) is 1. The number of ketones is 1. The Morgan fingerprint density at radius 1 is 0.962 bits per heavy atom. The zero-order chi connectivity index (χ0) is 17.5. The van der Waals surface area contributed by atoms with E-state index in [-0.39, 0.29) is 11.3 Å². The highest BCUT2D eigenvalue weighted by Gasteiger charge is 2.54. The second kappa shape index (κ2) is 4.59. The van der Waals surface area contributed by atoms with Crippen LogP contribution in [0.4, 0.5) is 0 Å². The van der Waals surface area contributed by atoms with Crippen molar-refractivity contribution in [1.29, 1.82) is 0 Å². The third-order valence-corrected chi connectivity index (χ3v) is 6.69. The molecule has 0 amide bonds. The third kappa shape index (κ3) is 1.46. The molecule has 2 aromatic carbocycles. The van der Waals surface area contributed by atoms with Crippen molar-refractivity contribution in [3.8, 4) is 5.69 Å². The summed E-state index contributed by atoms with van der Waals surface area (Å²) in [4.78, 5) is 26.8. The smallest absolute Gasteiger partial charge is 0.273 e. The molecule has 4 heteroatoms. The zero-order valence-electron chi connectivity index (χ0n) is 13.7. The molecule has 4 aromatic rings. The van der Waals surface area contributed by atoms with E-state index in [1.165, 1.54) is 11.3 Å². The Hall–Kier alpha value is -2.98. The maximum atomic E-state index is 13.6. The summed E-state index contributed by atoms with van der Waals surface area (Å²) in [6.07, 6.45) is 0.605. The minimum Gasteiger partial charge on any atom is -0.293 e. The number of hydrogen-bond acceptors (Lipinski definition) is 3. The van der Waals surface area contributed by atoms with E-state index in [0.717, 1.165) is 38.2 Å². The highest BCUT2D eigenvalue weighted by Crippen LogP contribution is 2.50. The maximum Gasteiger partial charge on any atom is 0.273 e. The van der Waals surface area contributed by atoms with Crippen molar-refractivity contribution in [2.45, 2.75) is 11.8 Å². The molecule has 1 atom stereocenters. The molecule has 0 saturated heterocycles. The van der Waals surface area contributed by atoms with E-state index in [2.05, 4.69) is 0 Å². The average molecular weight is 355 g/mol. The minimum atomic E-state index is -0.796. The lowest BCUT2D eigenvalue weighted by Crippen LogP contribution is -2.34. The highest BCUT2D eigenvalue weighted by molar-refractivity contribution is 7.17. The molecule has 0 N–H and O–H groups in total. The number of hydrogen-bond donors (Lipinski definition) is 0. The summed E-state index contributed by atoms with van der Waals surface area (Å²) in [5.41, 5.74) is 3.58. The van der Waals surface area contributed by atoms with Gasteiger partial charge < -0.3 is 0 Å². The monoisotopic (exact) mass is 355 g/mol. The van der Waals surface area contributed by atoms with Gasteiger partial charge >= 0.3 is 0 Å². The fraction of sp³-hybridized carbons (Fsp3) is 0.0909. The Kier molecular flexibility index (Phi) is 2.51. The van der Waals surface area contributed by atoms with Crippen molar-refractivity contribution in [1.82, 2.24) is 4.57 Å². The predicted octanol–water partition coefficient (Wildman–Crippen LogP) is 4.09. The van der Waals surface area contributed by atoms with Gasteiger partial charge in [0.05, 0.1) is 5.69 Å². The van der Waals surface area contributed by atoms with Crippen LogP contribution < -0.4 is 5.56 Å². The number of carbonyl (C=O) groups is 1. The van der Waals surface area contributed by atoms with Gasteiger partial charge in [0.1, 0.15) is 10.1 Å². The Bertz CT molecular complexity index is 1310. The van der Waals surface area contributed by atoms with Crippen molar-refractivity contribution in [2.24, 2.45) is 0 Å². The molecular formula is C22H13NO2S. The van der Waals surface area contributed by atoms with E-state index < -0.39 is 5.41 Å². The molecule has 2 aromatic heterocycles. The first kappa shape index (κ1) is 14.2. The van der Waals surface area contributed by atoms with Crippen LogP contribution >= 0.6 is 11.3 Å². The lowest BCUT2D eigenvalue weighted by molar-refractivity contribution is 0.0930. The lowest BCUT2D eigenvalue weighted by Gasteiger charge is -2.23. The molecule has 26 heavy (non-hydrogen) atoms. The number of thiophene rings is 1. The molecule has 6 rings (SSSR count). The Balaban J connectivity index is 1.80. The van der Waals surface area contributed by atoms with Crippen LogP contribution in [-0.2, 0) is 11.8 Å². The quantitative estimate of drug-likeness (QED) is 0.477. The second-order valence-electron chi connectivity index (χ2n) is 6.96. The summed E-state index contributed by atoms with van der Waals surface area (Å²) in [6, 6.07) is 19.6. The number of para-hydroxylation sites is 1. The van der Waals surface area contributed by atoms with Crippen LogP contribution in [0.3, 0.4) is 0 Å². The van der Waals surface area contributed by atoms with Crippen LogP contribution in [0.25, 0.3) is 15.8 Å². The average Bonchev–Trinajstić information content (AvgIpc) is 3.32. The molecule has 0 fully saturated rings. The van der Waals surface area contributed by atoms with Gasteiger partial charge in [0.25, 0.3) is 5.56 Å². The Labute approximate surface area is 153 Å². The van der Waals surface area contributed by atoms with Gasteiger partial charge in [-0.15, -0.1) is 11.3 Å². The van der Waals surface area contributed by atoms with Gasteiger partial charge in [-0.25, -0.2) is 0 Å². The van der Waals surface area contributed by atoms with Crippen LogP contribution in [0.2, 0.25) is 0 Å². The molecule has 3 nitrogen and oxygen atoms in total. The molecule has 1 unspecified atom stereocenters. The molecular weight excluding hydrogens is 342 g/mol. The van der Waals surface area contributed by atoms with Gasteiger partial charge in [-0.05, 0) is 46.5 Å². The van der Waals surface area contributed by atoms with Gasteiger partial charge in [0.2, 0.25) is 0 Å². The van der Waals surface area contributed by atoms with Crippen LogP contribution in [0, 0.1) is 0 Å². The summed E-state index contributed by atoms with van der Waals surface area (Å²) in [6.45, 7) is 0. The van der Waals surface area contributed by atoms with Gasteiger partial charge in [-0.1, -0.05) is 42.5 Å². The topological polar surface area (TPSA) is 39.1 Å². The SMILES string of the molecule is O=C1c2ccccc2CC12c1ccccc1-n1c2cc2ccsc2c1=O. The molecule has 0 bridgehead atoms. The number of pyridine rings is 1. The normalized spacial score (nSPS) is 19.8. The molecule has 0 saturated carbocycles. The molecule has 124 valence electrons. The fourth-order valence-electron chi connectivity index (χ4n) is 4.67. The van der Waals surface area contributed by atoms with E-state index in [4.69, 9.17) is 0 Å². The van der Waals surface area contributed by atoms with Crippen molar-refractivity contribution >= 4 is 27.2 Å².